The highest BCUT2D eigenvalue weighted by molar-refractivity contribution is 7.12. The number of amides is 2. The molecule has 0 radical (unpaired) electrons. The molecular weight excluding hydrogens is 322 g/mol. The van der Waals surface area contributed by atoms with Crippen molar-refractivity contribution in [2.75, 3.05) is 29.9 Å². The van der Waals surface area contributed by atoms with E-state index in [-0.39, 0.29) is 18.2 Å². The van der Waals surface area contributed by atoms with Gasteiger partial charge in [0.2, 0.25) is 5.91 Å². The van der Waals surface area contributed by atoms with Crippen molar-refractivity contribution in [2.24, 2.45) is 0 Å². The molecule has 3 rings (SSSR count). The Morgan fingerprint density at radius 2 is 1.88 bits per heavy atom. The summed E-state index contributed by atoms with van der Waals surface area (Å²) in [6.07, 6.45) is 2.64. The summed E-state index contributed by atoms with van der Waals surface area (Å²) >= 11 is 1.39. The van der Waals surface area contributed by atoms with Crippen LogP contribution in [0, 0.1) is 0 Å². The fraction of sp³-hybridized carbons (Fsp3) is 0.333. The van der Waals surface area contributed by atoms with Crippen LogP contribution in [0.4, 0.5) is 11.4 Å². The summed E-state index contributed by atoms with van der Waals surface area (Å²) in [5.74, 6) is -0.219. The van der Waals surface area contributed by atoms with Gasteiger partial charge < -0.3 is 15.5 Å². The summed E-state index contributed by atoms with van der Waals surface area (Å²) in [5.41, 5.74) is 1.92. The molecule has 0 spiro atoms. The van der Waals surface area contributed by atoms with Crippen molar-refractivity contribution in [3.05, 3.63) is 46.7 Å². The fourth-order valence-electron chi connectivity index (χ4n) is 2.81. The largest absolute Gasteiger partial charge is 0.370 e. The Morgan fingerprint density at radius 1 is 1.08 bits per heavy atom. The van der Waals surface area contributed by atoms with Crippen molar-refractivity contribution in [1.29, 1.82) is 0 Å². The van der Waals surface area contributed by atoms with E-state index in [0.29, 0.717) is 11.4 Å². The smallest absolute Gasteiger partial charge is 0.261 e. The van der Waals surface area contributed by atoms with Crippen molar-refractivity contribution in [3.63, 3.8) is 0 Å². The monoisotopic (exact) mass is 343 g/mol. The number of nitrogens with one attached hydrogen (secondary N) is 2. The highest BCUT2D eigenvalue weighted by Gasteiger charge is 2.16. The first-order chi connectivity index (χ1) is 11.7. The van der Waals surface area contributed by atoms with Gasteiger partial charge in [-0.1, -0.05) is 18.2 Å². The number of carbonyl (C=O) groups is 2. The number of rotatable bonds is 6. The molecule has 0 atom stereocenters. The van der Waals surface area contributed by atoms with E-state index in [2.05, 4.69) is 15.5 Å². The summed E-state index contributed by atoms with van der Waals surface area (Å²) in [5, 5.41) is 7.60. The maximum Gasteiger partial charge on any atom is 0.261 e. The third-order valence-electron chi connectivity index (χ3n) is 4.01. The third-order valence-corrected chi connectivity index (χ3v) is 4.88. The Labute approximate surface area is 145 Å². The number of nitrogens with zero attached hydrogens (tertiary/aromatic N) is 1. The molecule has 2 aromatic rings. The van der Waals surface area contributed by atoms with Gasteiger partial charge in [-0.2, -0.15) is 0 Å². The molecule has 2 amide bonds. The van der Waals surface area contributed by atoms with E-state index in [1.807, 2.05) is 35.7 Å². The summed E-state index contributed by atoms with van der Waals surface area (Å²) in [6.45, 7) is 2.39. The van der Waals surface area contributed by atoms with Crippen LogP contribution in [0.3, 0.4) is 0 Å². The van der Waals surface area contributed by atoms with Crippen molar-refractivity contribution < 1.29 is 9.59 Å². The summed E-state index contributed by atoms with van der Waals surface area (Å²) in [6, 6.07) is 11.5. The first-order valence-corrected chi connectivity index (χ1v) is 9.07. The molecule has 1 saturated heterocycles. The van der Waals surface area contributed by atoms with E-state index in [1.165, 1.54) is 24.2 Å². The summed E-state index contributed by atoms with van der Waals surface area (Å²) in [4.78, 5) is 27.0. The second-order valence-corrected chi connectivity index (χ2v) is 6.69. The van der Waals surface area contributed by atoms with Crippen LogP contribution >= 0.6 is 11.3 Å². The first-order valence-electron chi connectivity index (χ1n) is 8.19. The number of anilines is 2. The zero-order valence-electron chi connectivity index (χ0n) is 13.5. The molecule has 126 valence electrons. The van der Waals surface area contributed by atoms with Crippen molar-refractivity contribution in [1.82, 2.24) is 5.32 Å². The van der Waals surface area contributed by atoms with Crippen LogP contribution in [0.25, 0.3) is 0 Å². The highest BCUT2D eigenvalue weighted by atomic mass is 32.1. The van der Waals surface area contributed by atoms with E-state index in [1.54, 1.807) is 6.07 Å². The predicted molar refractivity (Wildman–Crippen MR) is 97.8 cm³/mol. The second kappa shape index (κ2) is 7.97. The average molecular weight is 343 g/mol. The molecule has 24 heavy (non-hydrogen) atoms. The lowest BCUT2D eigenvalue weighted by atomic mass is 10.2. The van der Waals surface area contributed by atoms with Gasteiger partial charge in [0.05, 0.1) is 16.3 Å². The Bertz CT molecular complexity index is 694. The number of para-hydroxylation sites is 2. The SMILES string of the molecule is O=C(CCNC(=O)c1cccs1)Nc1ccccc1N1CCCC1. The molecule has 1 aliphatic heterocycles. The van der Waals surface area contributed by atoms with Gasteiger partial charge in [0, 0.05) is 26.1 Å². The Balaban J connectivity index is 1.51. The number of carbonyl (C=O) groups excluding carboxylic acids is 2. The zero-order chi connectivity index (χ0) is 16.8. The van der Waals surface area contributed by atoms with Crippen LogP contribution in [-0.4, -0.2) is 31.4 Å². The normalized spacial score (nSPS) is 13.8. The third kappa shape index (κ3) is 4.14. The lowest BCUT2D eigenvalue weighted by molar-refractivity contribution is -0.116. The van der Waals surface area contributed by atoms with E-state index >= 15 is 0 Å². The van der Waals surface area contributed by atoms with Crippen LogP contribution in [0.1, 0.15) is 28.9 Å². The number of benzene rings is 1. The van der Waals surface area contributed by atoms with Crippen LogP contribution in [0.5, 0.6) is 0 Å². The molecule has 0 aliphatic carbocycles. The molecule has 5 nitrogen and oxygen atoms in total. The Kier molecular flexibility index (Phi) is 5.48. The van der Waals surface area contributed by atoms with E-state index in [0.717, 1.165) is 24.5 Å². The van der Waals surface area contributed by atoms with Crippen molar-refractivity contribution in [2.45, 2.75) is 19.3 Å². The lowest BCUT2D eigenvalue weighted by Crippen LogP contribution is -2.27. The second-order valence-electron chi connectivity index (χ2n) is 5.74. The maximum atomic E-state index is 12.2. The molecular formula is C18H21N3O2S. The number of thiophene rings is 1. The predicted octanol–water partition coefficient (Wildman–Crippen LogP) is 3.11. The van der Waals surface area contributed by atoms with Crippen LogP contribution in [-0.2, 0) is 4.79 Å². The summed E-state index contributed by atoms with van der Waals surface area (Å²) < 4.78 is 0. The molecule has 2 heterocycles. The van der Waals surface area contributed by atoms with Crippen molar-refractivity contribution >= 4 is 34.5 Å². The Morgan fingerprint density at radius 3 is 2.62 bits per heavy atom. The van der Waals surface area contributed by atoms with Gasteiger partial charge in [-0.3, -0.25) is 9.59 Å². The maximum absolute atomic E-state index is 12.2. The van der Waals surface area contributed by atoms with E-state index < -0.39 is 0 Å². The molecule has 1 aromatic heterocycles. The number of hydrogen-bond donors (Lipinski definition) is 2. The minimum absolute atomic E-state index is 0.0897. The van der Waals surface area contributed by atoms with Gasteiger partial charge in [-0.25, -0.2) is 0 Å². The Hall–Kier alpha value is -2.34. The van der Waals surface area contributed by atoms with Gasteiger partial charge >= 0.3 is 0 Å². The molecule has 1 aromatic carbocycles. The van der Waals surface area contributed by atoms with Crippen LogP contribution in [0.15, 0.2) is 41.8 Å². The van der Waals surface area contributed by atoms with Crippen LogP contribution in [0.2, 0.25) is 0 Å². The molecule has 1 aliphatic rings. The minimum Gasteiger partial charge on any atom is -0.370 e. The van der Waals surface area contributed by atoms with Gasteiger partial charge in [0.25, 0.3) is 5.91 Å². The van der Waals surface area contributed by atoms with E-state index in [9.17, 15) is 9.59 Å². The molecule has 6 heteroatoms. The fourth-order valence-corrected chi connectivity index (χ4v) is 3.45. The first kappa shape index (κ1) is 16.5. The molecule has 1 fully saturated rings. The van der Waals surface area contributed by atoms with Crippen LogP contribution < -0.4 is 15.5 Å². The molecule has 0 saturated carbocycles. The van der Waals surface area contributed by atoms with Gasteiger partial charge in [0.15, 0.2) is 0 Å². The standard InChI is InChI=1S/C18H21N3O2S/c22-17(9-10-19-18(23)16-8-5-13-24-16)20-14-6-1-2-7-15(14)21-11-3-4-12-21/h1-2,5-8,13H,3-4,9-12H2,(H,19,23)(H,20,22). The van der Waals surface area contributed by atoms with E-state index in [4.69, 9.17) is 0 Å². The molecule has 0 bridgehead atoms. The highest BCUT2D eigenvalue weighted by Crippen LogP contribution is 2.28. The zero-order valence-corrected chi connectivity index (χ0v) is 14.3. The minimum atomic E-state index is -0.129. The van der Waals surface area contributed by atoms with Gasteiger partial charge in [0.1, 0.15) is 0 Å². The average Bonchev–Trinajstić information content (AvgIpc) is 3.29. The lowest BCUT2D eigenvalue weighted by Gasteiger charge is -2.21. The topological polar surface area (TPSA) is 61.4 Å². The molecule has 0 unspecified atom stereocenters. The number of hydrogen-bond acceptors (Lipinski definition) is 4. The van der Waals surface area contributed by atoms with Crippen molar-refractivity contribution in [3.8, 4) is 0 Å². The van der Waals surface area contributed by atoms with Gasteiger partial charge in [-0.05, 0) is 36.4 Å². The summed E-state index contributed by atoms with van der Waals surface area (Å²) in [7, 11) is 0. The molecule has 2 N–H and O–H groups in total. The van der Waals surface area contributed by atoms with Gasteiger partial charge in [-0.15, -0.1) is 11.3 Å². The quantitative estimate of drug-likeness (QED) is 0.847.